The Morgan fingerprint density at radius 1 is 0.920 bits per heavy atom. The monoisotopic (exact) mass is 1060 g/mol. The van der Waals surface area contributed by atoms with Gasteiger partial charge in [-0.05, 0) is 107 Å². The SMILES string of the molecule is CCCCC(C)(O)SC(CC(=O)O)C(=O)NCCC(=O)N[C@@H](C)C(=O)N[C@@H](C)C(=O)Nc1ccc([C@H](C)c2ccc([C@@H]3O[C@@H]4C[C@H]5[C@@H]6C[C@H](F)C7=CC(=O)C=C[C@]7(C)[C@@]6(F)[C@@H](O)C[C@]5(C)[C@]4(C(=O)CO)O3)cc2)cc1. The first kappa shape index (κ1) is 57.3. The number of ether oxygens (including phenoxy) is 2. The molecule has 20 heteroatoms. The van der Waals surface area contributed by atoms with Crippen LogP contribution >= 0.6 is 11.8 Å². The largest absolute Gasteiger partial charge is 0.481 e. The molecule has 5 aliphatic rings. The highest BCUT2D eigenvalue weighted by Gasteiger charge is 2.80. The van der Waals surface area contributed by atoms with Crippen LogP contribution in [0.2, 0.25) is 0 Å². The van der Waals surface area contributed by atoms with E-state index in [-0.39, 0.29) is 43.7 Å². The molecular weight excluding hydrogens is 995 g/mol. The van der Waals surface area contributed by atoms with E-state index in [1.165, 1.54) is 39.8 Å². The summed E-state index contributed by atoms with van der Waals surface area (Å²) in [7, 11) is 0. The van der Waals surface area contributed by atoms with Crippen LogP contribution in [0.25, 0.3) is 0 Å². The fourth-order valence-corrected chi connectivity index (χ4v) is 13.7. The third kappa shape index (κ3) is 11.0. The molecule has 1 aliphatic heterocycles. The zero-order valence-corrected chi connectivity index (χ0v) is 44.1. The second-order valence-corrected chi connectivity index (χ2v) is 23.2. The Labute approximate surface area is 439 Å². The minimum absolute atomic E-state index is 0.00574. The summed E-state index contributed by atoms with van der Waals surface area (Å²) < 4.78 is 46.9. The number of rotatable bonds is 21. The van der Waals surface area contributed by atoms with Gasteiger partial charge in [0, 0.05) is 46.9 Å². The van der Waals surface area contributed by atoms with Crippen LogP contribution in [0.3, 0.4) is 0 Å². The lowest BCUT2D eigenvalue weighted by Gasteiger charge is -2.63. The predicted molar refractivity (Wildman–Crippen MR) is 273 cm³/mol. The van der Waals surface area contributed by atoms with Crippen LogP contribution in [0, 0.1) is 22.7 Å². The Bertz CT molecular complexity index is 2600. The Morgan fingerprint density at radius 3 is 2.19 bits per heavy atom. The van der Waals surface area contributed by atoms with Gasteiger partial charge < -0.3 is 51.2 Å². The summed E-state index contributed by atoms with van der Waals surface area (Å²) in [5, 5.41) is 51.5. The number of fused-ring (bicyclic) bond motifs is 7. The maximum absolute atomic E-state index is 17.8. The summed E-state index contributed by atoms with van der Waals surface area (Å²) in [6.45, 7) is 10.6. The number of aliphatic hydroxyl groups excluding tert-OH is 2. The van der Waals surface area contributed by atoms with Crippen LogP contribution in [0.15, 0.2) is 72.3 Å². The van der Waals surface area contributed by atoms with Gasteiger partial charge >= 0.3 is 5.97 Å². The number of carboxylic acids is 1. The van der Waals surface area contributed by atoms with Crippen molar-refractivity contribution >= 4 is 58.6 Å². The highest BCUT2D eigenvalue weighted by molar-refractivity contribution is 8.01. The maximum atomic E-state index is 17.8. The number of allylic oxidation sites excluding steroid dienone is 4. The molecular formula is C55H70F2N4O13S. The fourth-order valence-electron chi connectivity index (χ4n) is 12.4. The first-order valence-corrected chi connectivity index (χ1v) is 26.6. The molecule has 15 atom stereocenters. The molecule has 75 heavy (non-hydrogen) atoms. The summed E-state index contributed by atoms with van der Waals surface area (Å²) in [4.78, 5) is 87.8. The number of carbonyl (C=O) groups excluding carboxylic acids is 6. The fraction of sp³-hybridized carbons (Fsp3) is 0.582. The number of nitrogens with one attached hydrogen (secondary N) is 4. The van der Waals surface area contributed by atoms with Crippen molar-refractivity contribution in [1.29, 1.82) is 0 Å². The Morgan fingerprint density at radius 2 is 1.56 bits per heavy atom. The van der Waals surface area contributed by atoms with E-state index in [9.17, 15) is 54.0 Å². The molecule has 2 aromatic carbocycles. The van der Waals surface area contributed by atoms with Crippen molar-refractivity contribution in [2.24, 2.45) is 22.7 Å². The lowest BCUT2D eigenvalue weighted by molar-refractivity contribution is -0.235. The Balaban J connectivity index is 0.906. The van der Waals surface area contributed by atoms with Gasteiger partial charge in [-0.2, -0.15) is 0 Å². The summed E-state index contributed by atoms with van der Waals surface area (Å²) in [5.74, 6) is -6.58. The molecule has 0 spiro atoms. The van der Waals surface area contributed by atoms with Crippen LogP contribution in [0.5, 0.6) is 0 Å². The maximum Gasteiger partial charge on any atom is 0.305 e. The van der Waals surface area contributed by atoms with Gasteiger partial charge in [-0.1, -0.05) is 69.7 Å². The topological polar surface area (TPSA) is 267 Å². The third-order valence-electron chi connectivity index (χ3n) is 16.5. The minimum atomic E-state index is -2.36. The second-order valence-electron chi connectivity index (χ2n) is 21.5. The van der Waals surface area contributed by atoms with E-state index in [1.54, 1.807) is 31.2 Å². The van der Waals surface area contributed by atoms with Crippen LogP contribution < -0.4 is 21.3 Å². The van der Waals surface area contributed by atoms with Gasteiger partial charge in [0.1, 0.15) is 29.8 Å². The molecule has 17 nitrogen and oxygen atoms in total. The molecule has 0 bridgehead atoms. The van der Waals surface area contributed by atoms with Crippen molar-refractivity contribution in [2.75, 3.05) is 18.5 Å². The van der Waals surface area contributed by atoms with Crippen molar-refractivity contribution in [2.45, 2.75) is 164 Å². The van der Waals surface area contributed by atoms with Crippen molar-refractivity contribution in [3.05, 3.63) is 89.0 Å². The number of carbonyl (C=O) groups is 7. The van der Waals surface area contributed by atoms with Gasteiger partial charge in [0.25, 0.3) is 0 Å². The van der Waals surface area contributed by atoms with Gasteiger partial charge in [0.15, 0.2) is 29.1 Å². The first-order chi connectivity index (χ1) is 35.2. The molecule has 408 valence electrons. The summed E-state index contributed by atoms with van der Waals surface area (Å²) >= 11 is 0.853. The quantitative estimate of drug-likeness (QED) is 0.0727. The van der Waals surface area contributed by atoms with E-state index in [4.69, 9.17) is 9.47 Å². The van der Waals surface area contributed by atoms with Gasteiger partial charge in [-0.25, -0.2) is 8.78 Å². The van der Waals surface area contributed by atoms with Gasteiger partial charge in [0.05, 0.1) is 23.9 Å². The Kier molecular flexibility index (Phi) is 17.0. The van der Waals surface area contributed by atoms with Crippen LogP contribution in [-0.4, -0.2) is 127 Å². The average molecular weight is 1070 g/mol. The van der Waals surface area contributed by atoms with E-state index in [0.29, 0.717) is 24.1 Å². The van der Waals surface area contributed by atoms with Crippen LogP contribution in [0.1, 0.15) is 129 Å². The number of anilines is 1. The van der Waals surface area contributed by atoms with Crippen molar-refractivity contribution in [3.63, 3.8) is 0 Å². The molecule has 8 N–H and O–H groups in total. The molecule has 4 amide bonds. The van der Waals surface area contributed by atoms with E-state index < -0.39 is 135 Å². The highest BCUT2D eigenvalue weighted by Crippen LogP contribution is 2.72. The number of alkyl halides is 2. The van der Waals surface area contributed by atoms with E-state index in [0.717, 1.165) is 35.4 Å². The number of amides is 4. The second kappa shape index (κ2) is 22.3. The lowest BCUT2D eigenvalue weighted by Crippen LogP contribution is -2.70. The standard InChI is InChI=1S/C55H70F2N4O13S/c1-8-9-20-53(7,72)75-41(26-46(67)68)49(71)58-22-19-45(66)59-30(3)47(69)60-31(4)48(70)61-35-16-14-33(15-17-35)29(2)32-10-12-34(13-11-32)50-73-44-25-37-38-24-40(56)39-23-36(63)18-21-51(39,5)54(38,57)42(64)27-52(37,6)55(44,74-50)43(65)28-62/h10-18,21,23,29-31,37-38,40-42,44,50,62,64,72H,8-9,19-20,22,24-28H2,1-7H3,(H,58,71)(H,59,66)(H,60,69)(H,61,70)(H,67,68)/t29-,30+,31+,37+,38+,40+,41?,42+,44-,50-,51+,52+,53?,54+,55-/m1/s1. The molecule has 4 aliphatic carbocycles. The number of hydrogen-bond donors (Lipinski definition) is 8. The van der Waals surface area contributed by atoms with Crippen LogP contribution in [0.4, 0.5) is 14.5 Å². The number of hydrogen-bond acceptors (Lipinski definition) is 13. The van der Waals surface area contributed by atoms with Crippen molar-refractivity contribution in [1.82, 2.24) is 16.0 Å². The first-order valence-electron chi connectivity index (χ1n) is 25.7. The minimum Gasteiger partial charge on any atom is -0.481 e. The normalized spacial score (nSPS) is 31.9. The lowest BCUT2D eigenvalue weighted by atomic mass is 9.44. The molecule has 2 unspecified atom stereocenters. The molecule has 0 aromatic heterocycles. The molecule has 1 heterocycles. The smallest absolute Gasteiger partial charge is 0.305 e. The average Bonchev–Trinajstić information content (AvgIpc) is 3.88. The number of unbranched alkanes of at least 4 members (excludes halogenated alkanes) is 1. The Hall–Kier alpha value is -5.38. The van der Waals surface area contributed by atoms with Gasteiger partial charge in [0.2, 0.25) is 23.6 Å². The van der Waals surface area contributed by atoms with Gasteiger partial charge in [-0.15, -0.1) is 11.8 Å². The summed E-state index contributed by atoms with van der Waals surface area (Å²) in [5.41, 5.74) is -4.16. The molecule has 4 fully saturated rings. The summed E-state index contributed by atoms with van der Waals surface area (Å²) in [6.07, 6.45) is -0.934. The number of thioether (sulfide) groups is 1. The molecule has 3 saturated carbocycles. The van der Waals surface area contributed by atoms with Gasteiger partial charge in [-0.3, -0.25) is 33.6 Å². The number of halogens is 2. The molecule has 0 radical (unpaired) electrons. The molecule has 7 rings (SSSR count). The number of benzene rings is 2. The van der Waals surface area contributed by atoms with Crippen LogP contribution in [-0.2, 0) is 43.0 Å². The van der Waals surface area contributed by atoms with Crippen molar-refractivity contribution < 1.29 is 72.2 Å². The number of carboxylic acid groups (broad SMARTS) is 1. The number of ketones is 2. The van der Waals surface area contributed by atoms with E-state index in [1.807, 2.05) is 38.1 Å². The number of aliphatic carboxylic acids is 1. The third-order valence-corrected chi connectivity index (χ3v) is 17.9. The van der Waals surface area contributed by atoms with E-state index >= 15 is 8.78 Å². The number of aliphatic hydroxyl groups is 3. The summed E-state index contributed by atoms with van der Waals surface area (Å²) in [6, 6.07) is 12.5. The number of Topliss-reactive ketones (excluding diaryl/α,β-unsaturated/α-hetero) is 1. The molecule has 2 aromatic rings. The zero-order valence-electron chi connectivity index (χ0n) is 43.3. The highest BCUT2D eigenvalue weighted by atomic mass is 32.2. The predicted octanol–water partition coefficient (Wildman–Crippen LogP) is 5.41. The molecule has 1 saturated heterocycles. The zero-order chi connectivity index (χ0) is 55.0. The van der Waals surface area contributed by atoms with E-state index in [2.05, 4.69) is 21.3 Å². The van der Waals surface area contributed by atoms with Crippen molar-refractivity contribution in [3.8, 4) is 0 Å².